The lowest BCUT2D eigenvalue weighted by Gasteiger charge is -2.07. The molecule has 18 heavy (non-hydrogen) atoms. The van der Waals surface area contributed by atoms with Gasteiger partial charge in [-0.3, -0.25) is 4.79 Å². The number of carboxylic acid groups (broad SMARTS) is 1. The molecule has 2 N–H and O–H groups in total. The number of aromatic carboxylic acids is 1. The first-order chi connectivity index (χ1) is 8.40. The van der Waals surface area contributed by atoms with Gasteiger partial charge in [-0.15, -0.1) is 11.8 Å². The smallest absolute Gasteiger partial charge is 0.339 e. The van der Waals surface area contributed by atoms with Crippen molar-refractivity contribution in [3.63, 3.8) is 0 Å². The normalized spacial score (nSPS) is 10.7. The number of carbonyl (C=O) groups excluding carboxylic acids is 1. The van der Waals surface area contributed by atoms with Gasteiger partial charge in [-0.1, -0.05) is 0 Å². The van der Waals surface area contributed by atoms with Crippen LogP contribution in [-0.4, -0.2) is 28.8 Å². The predicted molar refractivity (Wildman–Crippen MR) is 69.8 cm³/mol. The van der Waals surface area contributed by atoms with Crippen LogP contribution < -0.4 is 5.32 Å². The maximum Gasteiger partial charge on any atom is 0.339 e. The summed E-state index contributed by atoms with van der Waals surface area (Å²) in [5.41, 5.74) is 0.178. The molecule has 0 aliphatic rings. The maximum absolute atomic E-state index is 11.4. The summed E-state index contributed by atoms with van der Waals surface area (Å²) in [7, 11) is 0. The fraction of sp³-hybridized carbons (Fsp3) is 0.500. The van der Waals surface area contributed by atoms with Crippen LogP contribution in [0.25, 0.3) is 0 Å². The summed E-state index contributed by atoms with van der Waals surface area (Å²) < 4.78 is 5.31. The molecule has 1 aromatic heterocycles. The lowest BCUT2D eigenvalue weighted by molar-refractivity contribution is -0.119. The average molecular weight is 271 g/mol. The quantitative estimate of drug-likeness (QED) is 0.827. The van der Waals surface area contributed by atoms with Gasteiger partial charge in [-0.2, -0.15) is 0 Å². The topological polar surface area (TPSA) is 79.5 Å². The van der Waals surface area contributed by atoms with Crippen LogP contribution in [0.5, 0.6) is 0 Å². The van der Waals surface area contributed by atoms with Crippen LogP contribution >= 0.6 is 11.8 Å². The SMILES string of the molecule is Cc1oc(CSCC(=O)NC(C)C)cc1C(=O)O. The Kier molecular flexibility index (Phi) is 5.27. The highest BCUT2D eigenvalue weighted by Crippen LogP contribution is 2.19. The molecule has 0 atom stereocenters. The summed E-state index contributed by atoms with van der Waals surface area (Å²) in [5.74, 6) is 0.763. The molecule has 6 heteroatoms. The van der Waals surface area contributed by atoms with E-state index in [1.165, 1.54) is 17.8 Å². The second-order valence-corrected chi connectivity index (χ2v) is 5.19. The van der Waals surface area contributed by atoms with Crippen LogP contribution in [-0.2, 0) is 10.5 Å². The molecular formula is C12H17NO4S. The Balaban J connectivity index is 2.42. The highest BCUT2D eigenvalue weighted by molar-refractivity contribution is 7.99. The molecule has 0 fully saturated rings. The van der Waals surface area contributed by atoms with Gasteiger partial charge in [0.1, 0.15) is 17.1 Å². The van der Waals surface area contributed by atoms with E-state index in [0.29, 0.717) is 23.0 Å². The van der Waals surface area contributed by atoms with E-state index in [0.717, 1.165) is 0 Å². The molecule has 0 aromatic carbocycles. The van der Waals surface area contributed by atoms with Crippen molar-refractivity contribution < 1.29 is 19.1 Å². The molecule has 0 aliphatic heterocycles. The van der Waals surface area contributed by atoms with Crippen LogP contribution in [0.4, 0.5) is 0 Å². The Labute approximate surface area is 110 Å². The molecule has 1 heterocycles. The van der Waals surface area contributed by atoms with E-state index in [-0.39, 0.29) is 17.5 Å². The molecule has 1 amide bonds. The Morgan fingerprint density at radius 1 is 1.50 bits per heavy atom. The molecule has 0 radical (unpaired) electrons. The largest absolute Gasteiger partial charge is 0.478 e. The molecule has 0 bridgehead atoms. The van der Waals surface area contributed by atoms with Crippen molar-refractivity contribution in [3.05, 3.63) is 23.2 Å². The van der Waals surface area contributed by atoms with E-state index < -0.39 is 5.97 Å². The fourth-order valence-corrected chi connectivity index (χ4v) is 2.15. The summed E-state index contributed by atoms with van der Waals surface area (Å²) in [6, 6.07) is 1.63. The van der Waals surface area contributed by atoms with Crippen molar-refractivity contribution in [1.82, 2.24) is 5.32 Å². The minimum atomic E-state index is -0.995. The van der Waals surface area contributed by atoms with Crippen LogP contribution in [0.2, 0.25) is 0 Å². The third-order valence-electron chi connectivity index (χ3n) is 2.13. The Morgan fingerprint density at radius 3 is 2.67 bits per heavy atom. The molecule has 0 saturated carbocycles. The highest BCUT2D eigenvalue weighted by atomic mass is 32.2. The summed E-state index contributed by atoms with van der Waals surface area (Å²) in [6.45, 7) is 5.41. The highest BCUT2D eigenvalue weighted by Gasteiger charge is 2.13. The Morgan fingerprint density at radius 2 is 2.17 bits per heavy atom. The molecule has 1 aromatic rings. The molecule has 0 aliphatic carbocycles. The third-order valence-corrected chi connectivity index (χ3v) is 3.08. The van der Waals surface area contributed by atoms with Gasteiger partial charge in [0.25, 0.3) is 0 Å². The van der Waals surface area contributed by atoms with Crippen LogP contribution in [0.1, 0.15) is 35.7 Å². The molecule has 0 spiro atoms. The van der Waals surface area contributed by atoms with Crippen LogP contribution in [0, 0.1) is 6.92 Å². The number of furan rings is 1. The zero-order valence-corrected chi connectivity index (χ0v) is 11.5. The zero-order chi connectivity index (χ0) is 13.7. The van der Waals surface area contributed by atoms with Crippen LogP contribution in [0.15, 0.2) is 10.5 Å². The van der Waals surface area contributed by atoms with E-state index in [2.05, 4.69) is 5.32 Å². The summed E-state index contributed by atoms with van der Waals surface area (Å²) >= 11 is 1.39. The number of carbonyl (C=O) groups is 2. The Hall–Kier alpha value is -1.43. The molecule has 0 saturated heterocycles. The number of amides is 1. The lowest BCUT2D eigenvalue weighted by atomic mass is 10.2. The monoisotopic (exact) mass is 271 g/mol. The number of thioether (sulfide) groups is 1. The van der Waals surface area contributed by atoms with Gasteiger partial charge in [-0.25, -0.2) is 4.79 Å². The predicted octanol–water partition coefficient (Wildman–Crippen LogP) is 2.04. The lowest BCUT2D eigenvalue weighted by Crippen LogP contribution is -2.31. The third kappa shape index (κ3) is 4.44. The van der Waals surface area contributed by atoms with E-state index >= 15 is 0 Å². The number of carboxylic acids is 1. The fourth-order valence-electron chi connectivity index (χ4n) is 1.44. The summed E-state index contributed by atoms with van der Waals surface area (Å²) in [4.78, 5) is 22.2. The summed E-state index contributed by atoms with van der Waals surface area (Å²) in [5, 5.41) is 11.6. The molecule has 5 nitrogen and oxygen atoms in total. The van der Waals surface area contributed by atoms with Gasteiger partial charge >= 0.3 is 5.97 Å². The van der Waals surface area contributed by atoms with Gasteiger partial charge < -0.3 is 14.8 Å². The standard InChI is InChI=1S/C12H17NO4S/c1-7(2)13-11(14)6-18-5-9-4-10(12(15)16)8(3)17-9/h4,7H,5-6H2,1-3H3,(H,13,14)(H,15,16). The van der Waals surface area contributed by atoms with E-state index in [1.54, 1.807) is 6.92 Å². The van der Waals surface area contributed by atoms with E-state index in [4.69, 9.17) is 9.52 Å². The first-order valence-corrected chi connectivity index (χ1v) is 6.75. The van der Waals surface area contributed by atoms with Crippen molar-refractivity contribution >= 4 is 23.6 Å². The van der Waals surface area contributed by atoms with Gasteiger partial charge in [0.15, 0.2) is 0 Å². The number of hydrogen-bond acceptors (Lipinski definition) is 4. The first-order valence-electron chi connectivity index (χ1n) is 5.60. The maximum atomic E-state index is 11.4. The van der Waals surface area contributed by atoms with Gasteiger partial charge in [0, 0.05) is 6.04 Å². The first kappa shape index (κ1) is 14.6. The van der Waals surface area contributed by atoms with Gasteiger partial charge in [-0.05, 0) is 26.8 Å². The molecule has 0 unspecified atom stereocenters. The molecular weight excluding hydrogens is 254 g/mol. The Bertz CT molecular complexity index is 439. The molecule has 100 valence electrons. The van der Waals surface area contributed by atoms with Crippen molar-refractivity contribution in [3.8, 4) is 0 Å². The van der Waals surface area contributed by atoms with Crippen molar-refractivity contribution in [1.29, 1.82) is 0 Å². The van der Waals surface area contributed by atoms with Gasteiger partial charge in [0.05, 0.1) is 11.5 Å². The van der Waals surface area contributed by atoms with Crippen molar-refractivity contribution in [2.75, 3.05) is 5.75 Å². The van der Waals surface area contributed by atoms with Crippen molar-refractivity contribution in [2.45, 2.75) is 32.6 Å². The van der Waals surface area contributed by atoms with Crippen LogP contribution in [0.3, 0.4) is 0 Å². The van der Waals surface area contributed by atoms with Gasteiger partial charge in [0.2, 0.25) is 5.91 Å². The summed E-state index contributed by atoms with van der Waals surface area (Å²) in [6.07, 6.45) is 0. The van der Waals surface area contributed by atoms with E-state index in [9.17, 15) is 9.59 Å². The average Bonchev–Trinajstić information content (AvgIpc) is 2.58. The number of aryl methyl sites for hydroxylation is 1. The van der Waals surface area contributed by atoms with Crippen molar-refractivity contribution in [2.24, 2.45) is 0 Å². The second kappa shape index (κ2) is 6.49. The minimum Gasteiger partial charge on any atom is -0.478 e. The molecule has 1 rings (SSSR count). The van der Waals surface area contributed by atoms with E-state index in [1.807, 2.05) is 13.8 Å². The number of hydrogen-bond donors (Lipinski definition) is 2. The zero-order valence-electron chi connectivity index (χ0n) is 10.6. The number of rotatable bonds is 6. The minimum absolute atomic E-state index is 0.0308. The second-order valence-electron chi connectivity index (χ2n) is 4.20. The number of nitrogens with one attached hydrogen (secondary N) is 1.